The van der Waals surface area contributed by atoms with Gasteiger partial charge in [0.25, 0.3) is 12.5 Å². The van der Waals surface area contributed by atoms with Crippen LogP contribution in [0.2, 0.25) is 0 Å². The predicted octanol–water partition coefficient (Wildman–Crippen LogP) is 5.02. The molecular formula is C20H22N2O2. The normalized spacial score (nSPS) is 27.4. The third-order valence-electron chi connectivity index (χ3n) is 4.27. The van der Waals surface area contributed by atoms with Crippen molar-refractivity contribution in [2.24, 2.45) is 11.8 Å². The molecule has 0 aliphatic heterocycles. The summed E-state index contributed by atoms with van der Waals surface area (Å²) < 4.78 is 9.93. The average molecular weight is 322 g/mol. The lowest BCUT2D eigenvalue weighted by atomic mass is 9.86. The van der Waals surface area contributed by atoms with E-state index in [2.05, 4.69) is 31.2 Å². The summed E-state index contributed by atoms with van der Waals surface area (Å²) in [6.45, 7) is 2.16. The minimum absolute atomic E-state index is 0.320. The number of ether oxygens (including phenoxy) is 2. The van der Waals surface area contributed by atoms with Crippen LogP contribution < -0.4 is 0 Å². The summed E-state index contributed by atoms with van der Waals surface area (Å²) >= 11 is 0. The molecule has 0 aromatic carbocycles. The molecule has 2 aliphatic rings. The smallest absolute Gasteiger partial charge is 0.292 e. The van der Waals surface area contributed by atoms with Crippen LogP contribution in [-0.4, -0.2) is 0 Å². The van der Waals surface area contributed by atoms with Crippen LogP contribution in [0.4, 0.5) is 0 Å². The molecule has 0 aromatic heterocycles. The quantitative estimate of drug-likeness (QED) is 0.538. The standard InChI is InChI=1S/C20H22N2O2/c1-16-12-20(24-15-22)11-5-8-18(16)13-17-6-2-3-9-19(23-14-21)10-4-7-17/h4-6,8-10,12,16,18H,2-3,7,11,13H2,1H3/b10-4-,17-6?,19-9+. The molecule has 2 rings (SSSR count). The third-order valence-corrected chi connectivity index (χ3v) is 4.27. The number of allylic oxidation sites excluding steroid dienone is 8. The Morgan fingerprint density at radius 1 is 1.08 bits per heavy atom. The second-order valence-electron chi connectivity index (χ2n) is 6.03. The van der Waals surface area contributed by atoms with Crippen LogP contribution in [0.15, 0.2) is 59.6 Å². The summed E-state index contributed by atoms with van der Waals surface area (Å²) in [5.41, 5.74) is 1.39. The molecule has 2 aliphatic carbocycles. The molecule has 0 heterocycles. The molecule has 0 bridgehead atoms. The van der Waals surface area contributed by atoms with Crippen molar-refractivity contribution in [1.29, 1.82) is 10.5 Å². The molecule has 124 valence electrons. The van der Waals surface area contributed by atoms with Crippen molar-refractivity contribution in [3.05, 3.63) is 59.6 Å². The maximum Gasteiger partial charge on any atom is 0.292 e. The Kier molecular flexibility index (Phi) is 6.92. The fourth-order valence-corrected chi connectivity index (χ4v) is 3.00. The van der Waals surface area contributed by atoms with Gasteiger partial charge in [0.1, 0.15) is 11.5 Å². The van der Waals surface area contributed by atoms with Gasteiger partial charge in [-0.1, -0.05) is 36.8 Å². The van der Waals surface area contributed by atoms with Crippen molar-refractivity contribution in [2.75, 3.05) is 0 Å². The molecule has 0 amide bonds. The van der Waals surface area contributed by atoms with Crippen molar-refractivity contribution in [3.63, 3.8) is 0 Å². The molecule has 0 fully saturated rings. The summed E-state index contributed by atoms with van der Waals surface area (Å²) in [6.07, 6.45) is 22.3. The second kappa shape index (κ2) is 9.43. The minimum atomic E-state index is 0.320. The van der Waals surface area contributed by atoms with Gasteiger partial charge in [0.05, 0.1) is 0 Å². The van der Waals surface area contributed by atoms with Crippen molar-refractivity contribution >= 4 is 0 Å². The van der Waals surface area contributed by atoms with Gasteiger partial charge < -0.3 is 9.47 Å². The van der Waals surface area contributed by atoms with Gasteiger partial charge in [-0.3, -0.25) is 0 Å². The van der Waals surface area contributed by atoms with E-state index in [9.17, 15) is 0 Å². The van der Waals surface area contributed by atoms with E-state index in [4.69, 9.17) is 20.0 Å². The summed E-state index contributed by atoms with van der Waals surface area (Å²) in [5.74, 6) is 2.07. The van der Waals surface area contributed by atoms with E-state index >= 15 is 0 Å². The van der Waals surface area contributed by atoms with Gasteiger partial charge in [-0.15, -0.1) is 10.5 Å². The van der Waals surface area contributed by atoms with Crippen LogP contribution in [0.1, 0.15) is 39.0 Å². The Bertz CT molecular complexity index is 669. The van der Waals surface area contributed by atoms with Crippen LogP contribution >= 0.6 is 0 Å². The van der Waals surface area contributed by atoms with E-state index < -0.39 is 0 Å². The van der Waals surface area contributed by atoms with Gasteiger partial charge in [0.15, 0.2) is 0 Å². The fourth-order valence-electron chi connectivity index (χ4n) is 3.00. The summed E-state index contributed by atoms with van der Waals surface area (Å²) in [7, 11) is 0. The third kappa shape index (κ3) is 5.48. The maximum atomic E-state index is 8.68. The van der Waals surface area contributed by atoms with E-state index in [0.29, 0.717) is 24.0 Å². The Labute approximate surface area is 143 Å². The average Bonchev–Trinajstić information content (AvgIpc) is 2.65. The summed E-state index contributed by atoms with van der Waals surface area (Å²) in [5, 5.41) is 17.3. The minimum Gasteiger partial charge on any atom is -0.393 e. The number of hydrogen-bond donors (Lipinski definition) is 0. The zero-order chi connectivity index (χ0) is 17.2. The Hall–Kier alpha value is -2.72. The zero-order valence-electron chi connectivity index (χ0n) is 13.9. The van der Waals surface area contributed by atoms with E-state index in [0.717, 1.165) is 31.4 Å². The molecule has 0 spiro atoms. The van der Waals surface area contributed by atoms with Crippen molar-refractivity contribution in [3.8, 4) is 12.5 Å². The van der Waals surface area contributed by atoms with Crippen LogP contribution in [0.5, 0.6) is 0 Å². The van der Waals surface area contributed by atoms with E-state index in [1.807, 2.05) is 18.2 Å². The first-order chi connectivity index (χ1) is 11.7. The van der Waals surface area contributed by atoms with Gasteiger partial charge in [-0.25, -0.2) is 0 Å². The van der Waals surface area contributed by atoms with Gasteiger partial charge in [-0.05, 0) is 55.7 Å². The lowest BCUT2D eigenvalue weighted by Gasteiger charge is -2.19. The first kappa shape index (κ1) is 17.6. The van der Waals surface area contributed by atoms with Gasteiger partial charge in [0.2, 0.25) is 0 Å². The molecule has 0 saturated carbocycles. The maximum absolute atomic E-state index is 8.68. The number of rotatable bonds is 4. The first-order valence-electron chi connectivity index (χ1n) is 8.26. The topological polar surface area (TPSA) is 66.0 Å². The fraction of sp³-hybridized carbons (Fsp3) is 0.400. The molecule has 2 unspecified atom stereocenters. The van der Waals surface area contributed by atoms with Crippen LogP contribution in [-0.2, 0) is 9.47 Å². The van der Waals surface area contributed by atoms with Crippen LogP contribution in [0, 0.1) is 34.9 Å². The zero-order valence-corrected chi connectivity index (χ0v) is 13.9. The molecular weight excluding hydrogens is 300 g/mol. The van der Waals surface area contributed by atoms with E-state index in [1.165, 1.54) is 5.57 Å². The molecule has 4 heteroatoms. The van der Waals surface area contributed by atoms with Crippen LogP contribution in [0.25, 0.3) is 0 Å². The first-order valence-corrected chi connectivity index (χ1v) is 8.26. The highest BCUT2D eigenvalue weighted by molar-refractivity contribution is 5.21. The molecule has 2 atom stereocenters. The highest BCUT2D eigenvalue weighted by Gasteiger charge is 2.18. The van der Waals surface area contributed by atoms with E-state index in [-0.39, 0.29) is 0 Å². The van der Waals surface area contributed by atoms with Gasteiger partial charge in [0, 0.05) is 6.42 Å². The summed E-state index contributed by atoms with van der Waals surface area (Å²) in [6, 6.07) is 0. The SMILES string of the molecule is CC1C=C(OC#N)CC=CC1CC1=CCC/C=C(OC#N)\C=C/C1. The second-order valence-corrected chi connectivity index (χ2v) is 6.03. The monoisotopic (exact) mass is 322 g/mol. The Morgan fingerprint density at radius 3 is 2.67 bits per heavy atom. The molecule has 0 saturated heterocycles. The van der Waals surface area contributed by atoms with Crippen molar-refractivity contribution in [1.82, 2.24) is 0 Å². The molecule has 0 radical (unpaired) electrons. The molecule has 4 nitrogen and oxygen atoms in total. The number of hydrogen-bond acceptors (Lipinski definition) is 4. The largest absolute Gasteiger partial charge is 0.393 e. The predicted molar refractivity (Wildman–Crippen MR) is 91.7 cm³/mol. The summed E-state index contributed by atoms with van der Waals surface area (Å²) in [4.78, 5) is 0. The highest BCUT2D eigenvalue weighted by Crippen LogP contribution is 2.30. The lowest BCUT2D eigenvalue weighted by molar-refractivity contribution is 0.358. The van der Waals surface area contributed by atoms with Crippen molar-refractivity contribution < 1.29 is 9.47 Å². The highest BCUT2D eigenvalue weighted by atomic mass is 16.5. The van der Waals surface area contributed by atoms with Gasteiger partial charge >= 0.3 is 0 Å². The van der Waals surface area contributed by atoms with E-state index in [1.54, 1.807) is 12.5 Å². The van der Waals surface area contributed by atoms with Crippen molar-refractivity contribution in [2.45, 2.75) is 39.0 Å². The lowest BCUT2D eigenvalue weighted by Crippen LogP contribution is -2.08. The molecule has 24 heavy (non-hydrogen) atoms. The molecule has 0 aromatic rings. The Morgan fingerprint density at radius 2 is 1.88 bits per heavy atom. The van der Waals surface area contributed by atoms with Gasteiger partial charge in [-0.2, -0.15) is 0 Å². The number of nitriles is 2. The van der Waals surface area contributed by atoms with Crippen LogP contribution in [0.3, 0.4) is 0 Å². The Balaban J connectivity index is 2.02. The number of nitrogens with zero attached hydrogens (tertiary/aromatic N) is 2. The molecule has 0 N–H and O–H groups in total.